The van der Waals surface area contributed by atoms with Crippen LogP contribution in [0.15, 0.2) is 36.9 Å². The molecule has 32 heavy (non-hydrogen) atoms. The van der Waals surface area contributed by atoms with Gasteiger partial charge in [-0.05, 0) is 31.8 Å². The van der Waals surface area contributed by atoms with Crippen LogP contribution in [0, 0.1) is 0 Å². The van der Waals surface area contributed by atoms with E-state index in [-0.39, 0.29) is 11.9 Å². The molecule has 1 unspecified atom stereocenters. The zero-order valence-electron chi connectivity index (χ0n) is 16.7. The largest absolute Gasteiger partial charge is 0.490 e. The lowest BCUT2D eigenvalue weighted by molar-refractivity contribution is -0.192. The van der Waals surface area contributed by atoms with Crippen molar-refractivity contribution in [3.8, 4) is 0 Å². The molecule has 0 radical (unpaired) electrons. The van der Waals surface area contributed by atoms with Crippen LogP contribution >= 0.6 is 23.2 Å². The summed E-state index contributed by atoms with van der Waals surface area (Å²) in [6.07, 6.45) is -0.394. The van der Waals surface area contributed by atoms with Crippen LogP contribution in [-0.2, 0) is 4.79 Å². The first-order valence-electron chi connectivity index (χ1n) is 8.88. The lowest BCUT2D eigenvalue weighted by Crippen LogP contribution is -2.35. The third-order valence-corrected chi connectivity index (χ3v) is 4.78. The number of amides is 1. The molecule has 1 aromatic carbocycles. The van der Waals surface area contributed by atoms with Crippen LogP contribution in [0.1, 0.15) is 22.0 Å². The highest BCUT2D eigenvalue weighted by Crippen LogP contribution is 2.26. The van der Waals surface area contributed by atoms with Gasteiger partial charge in [0.15, 0.2) is 0 Å². The Morgan fingerprint density at radius 1 is 1.25 bits per heavy atom. The summed E-state index contributed by atoms with van der Waals surface area (Å²) in [4.78, 5) is 34.7. The molecule has 0 aliphatic carbocycles. The molecule has 0 spiro atoms. The smallest absolute Gasteiger partial charge is 0.475 e. The van der Waals surface area contributed by atoms with E-state index in [1.54, 1.807) is 24.5 Å². The second-order valence-corrected chi connectivity index (χ2v) is 7.57. The van der Waals surface area contributed by atoms with Crippen molar-refractivity contribution in [3.63, 3.8) is 0 Å². The van der Waals surface area contributed by atoms with E-state index in [0.29, 0.717) is 33.2 Å². The van der Waals surface area contributed by atoms with E-state index in [0.717, 1.165) is 5.56 Å². The highest BCUT2D eigenvalue weighted by Gasteiger charge is 2.38. The van der Waals surface area contributed by atoms with Crippen LogP contribution in [0.25, 0.3) is 11.0 Å². The number of likely N-dealkylation sites (N-methyl/N-ethyl adjacent to an activating group) is 1. The molecule has 8 nitrogen and oxygen atoms in total. The Hall–Kier alpha value is -2.89. The van der Waals surface area contributed by atoms with Crippen molar-refractivity contribution in [3.05, 3.63) is 58.1 Å². The summed E-state index contributed by atoms with van der Waals surface area (Å²) >= 11 is 12.1. The van der Waals surface area contributed by atoms with Gasteiger partial charge in [0.05, 0.1) is 21.7 Å². The van der Waals surface area contributed by atoms with Gasteiger partial charge in [0, 0.05) is 24.3 Å². The zero-order chi connectivity index (χ0) is 24.1. The quantitative estimate of drug-likeness (QED) is 0.498. The minimum atomic E-state index is -5.08. The van der Waals surface area contributed by atoms with E-state index in [2.05, 4.69) is 20.3 Å². The van der Waals surface area contributed by atoms with Crippen molar-refractivity contribution < 1.29 is 27.9 Å². The van der Waals surface area contributed by atoms with Crippen LogP contribution in [-0.4, -0.2) is 63.7 Å². The lowest BCUT2D eigenvalue weighted by Gasteiger charge is -2.23. The van der Waals surface area contributed by atoms with Gasteiger partial charge in [-0.3, -0.25) is 4.79 Å². The molecule has 0 aliphatic rings. The Morgan fingerprint density at radius 3 is 2.47 bits per heavy atom. The standard InChI is InChI=1S/C17H17Cl2N5O.C2HF3O2/c1-24(2)8-15(10-3-4-13(18)14(19)5-10)23-17(25)12-7-21-16-11(12)6-20-9-22-16;3-2(4,5)1(6)7/h3-7,9,15H,8H2,1-2H3,(H,23,25)(H,20,21,22);(H,6,7). The van der Waals surface area contributed by atoms with Crippen LogP contribution < -0.4 is 5.32 Å². The maximum atomic E-state index is 12.8. The fraction of sp³-hybridized carbons (Fsp3) is 0.263. The fourth-order valence-corrected chi connectivity index (χ4v) is 2.92. The first kappa shape index (κ1) is 25.4. The van der Waals surface area contributed by atoms with Gasteiger partial charge in [-0.1, -0.05) is 29.3 Å². The molecule has 0 aliphatic heterocycles. The third kappa shape index (κ3) is 6.81. The van der Waals surface area contributed by atoms with Crippen molar-refractivity contribution in [2.45, 2.75) is 12.2 Å². The number of benzene rings is 1. The fourth-order valence-electron chi connectivity index (χ4n) is 2.61. The third-order valence-electron chi connectivity index (χ3n) is 4.04. The Balaban J connectivity index is 0.000000451. The molecular formula is C19H18Cl2F3N5O3. The Bertz CT molecular complexity index is 1110. The Labute approximate surface area is 190 Å². The number of fused-ring (bicyclic) bond motifs is 1. The summed E-state index contributed by atoms with van der Waals surface area (Å²) in [5.74, 6) is -2.97. The van der Waals surface area contributed by atoms with Gasteiger partial charge in [0.25, 0.3) is 5.91 Å². The summed E-state index contributed by atoms with van der Waals surface area (Å²) in [5.41, 5.74) is 2.01. The molecule has 13 heteroatoms. The van der Waals surface area contributed by atoms with Gasteiger partial charge in [-0.15, -0.1) is 0 Å². The predicted molar refractivity (Wildman–Crippen MR) is 113 cm³/mol. The highest BCUT2D eigenvalue weighted by molar-refractivity contribution is 6.42. The number of halogens is 5. The minimum absolute atomic E-state index is 0.209. The molecule has 3 aromatic rings. The van der Waals surface area contributed by atoms with Crippen molar-refractivity contribution in [1.82, 2.24) is 25.2 Å². The normalized spacial score (nSPS) is 12.2. The van der Waals surface area contributed by atoms with Gasteiger partial charge in [-0.2, -0.15) is 13.2 Å². The molecule has 2 aromatic heterocycles. The van der Waals surface area contributed by atoms with Crippen molar-refractivity contribution in [2.24, 2.45) is 0 Å². The second-order valence-electron chi connectivity index (χ2n) is 6.75. The van der Waals surface area contributed by atoms with Crippen LogP contribution in [0.4, 0.5) is 13.2 Å². The number of carbonyl (C=O) groups excluding carboxylic acids is 1. The first-order valence-corrected chi connectivity index (χ1v) is 9.63. The first-order chi connectivity index (χ1) is 14.9. The van der Waals surface area contributed by atoms with Crippen LogP contribution in [0.5, 0.6) is 0 Å². The van der Waals surface area contributed by atoms with E-state index in [1.165, 1.54) is 6.33 Å². The van der Waals surface area contributed by atoms with Crippen molar-refractivity contribution in [1.29, 1.82) is 0 Å². The summed E-state index contributed by atoms with van der Waals surface area (Å²) in [6.45, 7) is 0.614. The van der Waals surface area contributed by atoms with Crippen LogP contribution in [0.2, 0.25) is 10.0 Å². The van der Waals surface area contributed by atoms with Gasteiger partial charge in [0.1, 0.15) is 12.0 Å². The number of H-pyrrole nitrogens is 1. The summed E-state index contributed by atoms with van der Waals surface area (Å²) in [6, 6.07) is 5.12. The van der Waals surface area contributed by atoms with Crippen molar-refractivity contribution in [2.75, 3.05) is 20.6 Å². The predicted octanol–water partition coefficient (Wildman–Crippen LogP) is 3.93. The summed E-state index contributed by atoms with van der Waals surface area (Å²) in [5, 5.41) is 11.8. The molecule has 2 heterocycles. The van der Waals surface area contributed by atoms with Gasteiger partial charge >= 0.3 is 12.1 Å². The number of aromatic amines is 1. The lowest BCUT2D eigenvalue weighted by atomic mass is 10.1. The molecule has 3 rings (SSSR count). The van der Waals surface area contributed by atoms with Crippen LogP contribution in [0.3, 0.4) is 0 Å². The molecule has 172 valence electrons. The molecule has 0 fully saturated rings. The average Bonchev–Trinajstić information content (AvgIpc) is 3.13. The number of hydrogen-bond acceptors (Lipinski definition) is 5. The highest BCUT2D eigenvalue weighted by atomic mass is 35.5. The molecule has 3 N–H and O–H groups in total. The maximum absolute atomic E-state index is 12.8. The van der Waals surface area contributed by atoms with E-state index < -0.39 is 12.1 Å². The maximum Gasteiger partial charge on any atom is 0.490 e. The average molecular weight is 492 g/mol. The number of alkyl halides is 3. The monoisotopic (exact) mass is 491 g/mol. The molecule has 1 amide bonds. The number of aliphatic carboxylic acids is 1. The molecule has 1 atom stereocenters. The Morgan fingerprint density at radius 2 is 1.91 bits per heavy atom. The number of aromatic nitrogens is 3. The van der Waals surface area contributed by atoms with Gasteiger partial charge < -0.3 is 20.3 Å². The molecule has 0 saturated carbocycles. The number of nitrogens with one attached hydrogen (secondary N) is 2. The second kappa shape index (κ2) is 10.6. The van der Waals surface area contributed by atoms with Gasteiger partial charge in [-0.25, -0.2) is 14.8 Å². The number of carbonyl (C=O) groups is 2. The number of rotatable bonds is 5. The molecule has 0 bridgehead atoms. The SMILES string of the molecule is CN(C)CC(NC(=O)c1c[nH]c2ncncc12)c1ccc(Cl)c(Cl)c1.O=C(O)C(F)(F)F. The number of carboxylic acids is 1. The molecule has 0 saturated heterocycles. The van der Waals surface area contributed by atoms with E-state index in [4.69, 9.17) is 33.1 Å². The summed E-state index contributed by atoms with van der Waals surface area (Å²) < 4.78 is 31.7. The topological polar surface area (TPSA) is 111 Å². The number of carboxylic acid groups (broad SMARTS) is 1. The summed E-state index contributed by atoms with van der Waals surface area (Å²) in [7, 11) is 3.88. The molecular weight excluding hydrogens is 474 g/mol. The Kier molecular flexibility index (Phi) is 8.42. The number of hydrogen-bond donors (Lipinski definition) is 3. The van der Waals surface area contributed by atoms with Crippen molar-refractivity contribution >= 4 is 46.1 Å². The minimum Gasteiger partial charge on any atom is -0.475 e. The van der Waals surface area contributed by atoms with Gasteiger partial charge in [0.2, 0.25) is 0 Å². The van der Waals surface area contributed by atoms with E-state index in [9.17, 15) is 18.0 Å². The van der Waals surface area contributed by atoms with E-state index >= 15 is 0 Å². The number of nitrogens with zero attached hydrogens (tertiary/aromatic N) is 3. The zero-order valence-corrected chi connectivity index (χ0v) is 18.3. The van der Waals surface area contributed by atoms with E-state index in [1.807, 2.05) is 25.1 Å².